The van der Waals surface area contributed by atoms with Crippen LogP contribution in [0.1, 0.15) is 41.3 Å². The number of amides is 1. The van der Waals surface area contributed by atoms with Crippen molar-refractivity contribution in [2.24, 2.45) is 0 Å². The van der Waals surface area contributed by atoms with Crippen LogP contribution in [-0.2, 0) is 4.79 Å². The minimum atomic E-state index is -2.95. The molecule has 0 saturated heterocycles. The molecular weight excluding hydrogens is 296 g/mol. The second kappa shape index (κ2) is 7.72. The summed E-state index contributed by atoms with van der Waals surface area (Å²) >= 11 is 0. The Balaban J connectivity index is 2.97. The molecule has 1 amide bonds. The molecule has 1 rings (SSSR count). The van der Waals surface area contributed by atoms with E-state index in [4.69, 9.17) is 5.11 Å². The Labute approximate surface area is 127 Å². The maximum atomic E-state index is 12.3. The van der Waals surface area contributed by atoms with Gasteiger partial charge in [-0.25, -0.2) is 4.79 Å². The average Bonchev–Trinajstić information content (AvgIpc) is 2.41. The highest BCUT2D eigenvalue weighted by molar-refractivity contribution is 5.97. The summed E-state index contributed by atoms with van der Waals surface area (Å²) in [5.74, 6) is -1.65. The van der Waals surface area contributed by atoms with Crippen molar-refractivity contribution in [3.05, 3.63) is 28.8 Å². The third kappa shape index (κ3) is 4.68. The molecule has 0 spiro atoms. The van der Waals surface area contributed by atoms with Gasteiger partial charge in [-0.2, -0.15) is 8.78 Å². The molecule has 22 heavy (non-hydrogen) atoms. The third-order valence-corrected chi connectivity index (χ3v) is 3.11. The molecule has 1 atom stereocenters. The molecule has 0 bridgehead atoms. The molecule has 0 aliphatic carbocycles. The van der Waals surface area contributed by atoms with Gasteiger partial charge in [-0.1, -0.05) is 13.3 Å². The number of alkyl halides is 2. The molecule has 2 N–H and O–H groups in total. The van der Waals surface area contributed by atoms with Crippen LogP contribution >= 0.6 is 0 Å². The van der Waals surface area contributed by atoms with Gasteiger partial charge in [0.1, 0.15) is 11.8 Å². The molecule has 122 valence electrons. The molecule has 0 heterocycles. The fourth-order valence-electron chi connectivity index (χ4n) is 2.14. The summed E-state index contributed by atoms with van der Waals surface area (Å²) in [5, 5.41) is 11.5. The lowest BCUT2D eigenvalue weighted by Gasteiger charge is -2.16. The lowest BCUT2D eigenvalue weighted by atomic mass is 10.0. The van der Waals surface area contributed by atoms with Crippen molar-refractivity contribution in [1.29, 1.82) is 0 Å². The Morgan fingerprint density at radius 1 is 1.27 bits per heavy atom. The van der Waals surface area contributed by atoms with Crippen molar-refractivity contribution in [3.63, 3.8) is 0 Å². The number of ether oxygens (including phenoxy) is 1. The van der Waals surface area contributed by atoms with Gasteiger partial charge in [0.25, 0.3) is 5.91 Å². The normalized spacial score (nSPS) is 12.1. The van der Waals surface area contributed by atoms with Gasteiger partial charge in [0.2, 0.25) is 0 Å². The molecule has 0 saturated carbocycles. The predicted octanol–water partition coefficient (Wildman–Crippen LogP) is 2.89. The standard InChI is InChI=1S/C15H19F2NO4/c1-4-5-11(14(20)21)18-13(19)10-6-8(2)12(9(3)7-10)22-15(16)17/h6-7,11,15H,4-5H2,1-3H3,(H,18,19)(H,20,21). The number of aryl methyl sites for hydroxylation is 2. The van der Waals surface area contributed by atoms with E-state index < -0.39 is 24.5 Å². The molecule has 7 heteroatoms. The van der Waals surface area contributed by atoms with Crippen molar-refractivity contribution >= 4 is 11.9 Å². The second-order valence-corrected chi connectivity index (χ2v) is 4.97. The van der Waals surface area contributed by atoms with Gasteiger partial charge in [-0.05, 0) is 43.5 Å². The van der Waals surface area contributed by atoms with Crippen LogP contribution in [0.2, 0.25) is 0 Å². The summed E-state index contributed by atoms with van der Waals surface area (Å²) in [7, 11) is 0. The Kier molecular flexibility index (Phi) is 6.27. The smallest absolute Gasteiger partial charge is 0.387 e. The number of hydrogen-bond donors (Lipinski definition) is 2. The van der Waals surface area contributed by atoms with E-state index in [1.165, 1.54) is 12.1 Å². The van der Waals surface area contributed by atoms with Crippen molar-refractivity contribution in [3.8, 4) is 5.75 Å². The molecule has 1 aromatic carbocycles. The summed E-state index contributed by atoms with van der Waals surface area (Å²) < 4.78 is 29.0. The van der Waals surface area contributed by atoms with Crippen LogP contribution in [0.25, 0.3) is 0 Å². The van der Waals surface area contributed by atoms with Crippen LogP contribution in [0.5, 0.6) is 5.75 Å². The Morgan fingerprint density at radius 2 is 1.82 bits per heavy atom. The van der Waals surface area contributed by atoms with E-state index in [2.05, 4.69) is 10.1 Å². The van der Waals surface area contributed by atoms with E-state index in [1.54, 1.807) is 13.8 Å². The highest BCUT2D eigenvalue weighted by atomic mass is 19.3. The first-order valence-electron chi connectivity index (χ1n) is 6.86. The minimum Gasteiger partial charge on any atom is -0.480 e. The molecule has 0 fully saturated rings. The van der Waals surface area contributed by atoms with Gasteiger partial charge in [0.15, 0.2) is 0 Å². The number of rotatable bonds is 7. The Hall–Kier alpha value is -2.18. The number of carbonyl (C=O) groups is 2. The highest BCUT2D eigenvalue weighted by Gasteiger charge is 2.21. The topological polar surface area (TPSA) is 75.6 Å². The van der Waals surface area contributed by atoms with Gasteiger partial charge in [0.05, 0.1) is 0 Å². The number of hydrogen-bond acceptors (Lipinski definition) is 3. The first-order valence-corrected chi connectivity index (χ1v) is 6.86. The zero-order chi connectivity index (χ0) is 16.9. The van der Waals surface area contributed by atoms with E-state index in [0.29, 0.717) is 24.0 Å². The van der Waals surface area contributed by atoms with E-state index in [9.17, 15) is 18.4 Å². The highest BCUT2D eigenvalue weighted by Crippen LogP contribution is 2.26. The fraction of sp³-hybridized carbons (Fsp3) is 0.467. The van der Waals surface area contributed by atoms with Gasteiger partial charge < -0.3 is 15.2 Å². The van der Waals surface area contributed by atoms with E-state index >= 15 is 0 Å². The zero-order valence-corrected chi connectivity index (χ0v) is 12.7. The Bertz CT molecular complexity index is 537. The summed E-state index contributed by atoms with van der Waals surface area (Å²) in [5.41, 5.74) is 0.972. The number of halogens is 2. The molecular formula is C15H19F2NO4. The largest absolute Gasteiger partial charge is 0.480 e. The molecule has 0 aromatic heterocycles. The van der Waals surface area contributed by atoms with Crippen LogP contribution in [0.4, 0.5) is 8.78 Å². The predicted molar refractivity (Wildman–Crippen MR) is 76.3 cm³/mol. The van der Waals surface area contributed by atoms with Crippen LogP contribution in [0, 0.1) is 13.8 Å². The fourth-order valence-corrected chi connectivity index (χ4v) is 2.14. The first kappa shape index (κ1) is 17.9. The molecule has 5 nitrogen and oxygen atoms in total. The lowest BCUT2D eigenvalue weighted by molar-refractivity contribution is -0.139. The Morgan fingerprint density at radius 3 is 2.23 bits per heavy atom. The monoisotopic (exact) mass is 315 g/mol. The number of aliphatic carboxylic acids is 1. The third-order valence-electron chi connectivity index (χ3n) is 3.11. The van der Waals surface area contributed by atoms with Gasteiger partial charge in [0, 0.05) is 5.56 Å². The van der Waals surface area contributed by atoms with Crippen molar-refractivity contribution in [2.45, 2.75) is 46.3 Å². The van der Waals surface area contributed by atoms with E-state index in [-0.39, 0.29) is 11.3 Å². The maximum Gasteiger partial charge on any atom is 0.387 e. The molecule has 0 aliphatic heterocycles. The van der Waals surface area contributed by atoms with Crippen molar-refractivity contribution < 1.29 is 28.2 Å². The number of carboxylic acid groups (broad SMARTS) is 1. The van der Waals surface area contributed by atoms with Crippen molar-refractivity contribution in [2.75, 3.05) is 0 Å². The van der Waals surface area contributed by atoms with Gasteiger partial charge in [-0.15, -0.1) is 0 Å². The first-order chi connectivity index (χ1) is 10.3. The van der Waals surface area contributed by atoms with Crippen molar-refractivity contribution in [1.82, 2.24) is 5.32 Å². The van der Waals surface area contributed by atoms with Crippen LogP contribution in [0.3, 0.4) is 0 Å². The summed E-state index contributed by atoms with van der Waals surface area (Å²) in [6.45, 7) is 1.95. The summed E-state index contributed by atoms with van der Waals surface area (Å²) in [4.78, 5) is 23.2. The minimum absolute atomic E-state index is 0.0230. The molecule has 1 unspecified atom stereocenters. The molecule has 0 radical (unpaired) electrons. The number of nitrogens with one attached hydrogen (secondary N) is 1. The summed E-state index contributed by atoms with van der Waals surface area (Å²) in [6.07, 6.45) is 0.919. The van der Waals surface area contributed by atoms with Crippen LogP contribution in [-0.4, -0.2) is 29.6 Å². The average molecular weight is 315 g/mol. The van der Waals surface area contributed by atoms with Gasteiger partial charge in [-0.3, -0.25) is 4.79 Å². The number of carbonyl (C=O) groups excluding carboxylic acids is 1. The van der Waals surface area contributed by atoms with E-state index in [0.717, 1.165) is 0 Å². The summed E-state index contributed by atoms with van der Waals surface area (Å²) in [6, 6.07) is 1.81. The molecule has 1 aromatic rings. The molecule has 0 aliphatic rings. The number of carboxylic acids is 1. The van der Waals surface area contributed by atoms with Gasteiger partial charge >= 0.3 is 12.6 Å². The lowest BCUT2D eigenvalue weighted by Crippen LogP contribution is -2.40. The van der Waals surface area contributed by atoms with Crippen LogP contribution in [0.15, 0.2) is 12.1 Å². The van der Waals surface area contributed by atoms with Crippen LogP contribution < -0.4 is 10.1 Å². The second-order valence-electron chi connectivity index (χ2n) is 4.97. The van der Waals surface area contributed by atoms with E-state index in [1.807, 2.05) is 6.92 Å². The quantitative estimate of drug-likeness (QED) is 0.811. The SMILES string of the molecule is CCCC(NC(=O)c1cc(C)c(OC(F)F)c(C)c1)C(=O)O. The number of benzene rings is 1. The maximum absolute atomic E-state index is 12.3. The zero-order valence-electron chi connectivity index (χ0n) is 12.7.